The summed E-state index contributed by atoms with van der Waals surface area (Å²) >= 11 is 0. The Labute approximate surface area is 307 Å². The first-order chi connectivity index (χ1) is 23.7. The van der Waals surface area contributed by atoms with Crippen molar-refractivity contribution in [2.24, 2.45) is 0 Å². The van der Waals surface area contributed by atoms with Crippen molar-refractivity contribution in [1.29, 1.82) is 0 Å². The summed E-state index contributed by atoms with van der Waals surface area (Å²) in [6.45, 7) is 10.6. The third kappa shape index (κ3) is 32.1. The molecule has 4 heterocycles. The lowest BCUT2D eigenvalue weighted by Crippen LogP contribution is -2.68. The Bertz CT molecular complexity index is 1250. The average molecular weight is 828 g/mol. The lowest BCUT2D eigenvalue weighted by Gasteiger charge is -2.20. The third-order valence-electron chi connectivity index (χ3n) is 6.37. The highest BCUT2D eigenvalue weighted by Crippen LogP contribution is 2.19. The van der Waals surface area contributed by atoms with Crippen LogP contribution in [0, 0.1) is 41.0 Å². The summed E-state index contributed by atoms with van der Waals surface area (Å²) in [6, 6.07) is 8.94. The number of pyridine rings is 2. The molecule has 0 aliphatic carbocycles. The molecule has 0 saturated carbocycles. The van der Waals surface area contributed by atoms with Crippen LogP contribution in [0.4, 0.5) is 0 Å². The number of allylic oxidation sites excluding steroid dienone is 4. The van der Waals surface area contributed by atoms with E-state index in [-0.39, 0.29) is 0 Å². The molecule has 0 atom stereocenters. The van der Waals surface area contributed by atoms with Crippen LogP contribution in [-0.2, 0) is 13.1 Å². The summed E-state index contributed by atoms with van der Waals surface area (Å²) in [5.74, 6) is 0. The summed E-state index contributed by atoms with van der Waals surface area (Å²) in [6.07, 6.45) is 24.7. The van der Waals surface area contributed by atoms with Crippen LogP contribution in [0.15, 0.2) is 85.8 Å². The van der Waals surface area contributed by atoms with Crippen molar-refractivity contribution in [2.75, 3.05) is 26.2 Å². The standard InChI is InChI=1S/C28H36N4.4ClHO4/c1-3-29-17-7-25(8-18-29)27-11-21-31(22-12-27)15-5-6-16-32-23-13-28(14-24-32)26-9-19-30(4-2)20-10-26;4*2-1(3,4)5/h7-14,17,19,21-24H,3-6,15-16,18,20H2,1-2H3;4*(H,2,3,4,5)/q+2;;;;/p-2. The maximum Gasteiger partial charge on any atom is 0.169 e. The van der Waals surface area contributed by atoms with Gasteiger partial charge in [-0.1, -0.05) is 12.2 Å². The van der Waals surface area contributed by atoms with Gasteiger partial charge >= 0.3 is 0 Å². The van der Waals surface area contributed by atoms with Crippen molar-refractivity contribution in [1.82, 2.24) is 9.80 Å². The molecule has 2 aromatic heterocycles. The second kappa shape index (κ2) is 23.9. The largest absolute Gasteiger partial charge is 0.374 e. The van der Waals surface area contributed by atoms with Gasteiger partial charge in [0.2, 0.25) is 0 Å². The van der Waals surface area contributed by atoms with Gasteiger partial charge in [0, 0.05) is 63.3 Å². The zero-order valence-electron chi connectivity index (χ0n) is 27.7. The minimum Gasteiger partial charge on any atom is -0.374 e. The first-order valence-corrected chi connectivity index (χ1v) is 19.5. The zero-order chi connectivity index (χ0) is 40.2. The van der Waals surface area contributed by atoms with E-state index >= 15 is 0 Å². The molecule has 0 fully saturated rings. The van der Waals surface area contributed by atoms with E-state index in [1.54, 1.807) is 0 Å². The van der Waals surface area contributed by atoms with E-state index in [1.807, 2.05) is 0 Å². The van der Waals surface area contributed by atoms with E-state index in [1.165, 1.54) is 35.1 Å². The van der Waals surface area contributed by atoms with Gasteiger partial charge in [-0.2, -0.15) is 28.0 Å². The number of halogens is 4. The van der Waals surface area contributed by atoms with E-state index in [9.17, 15) is 0 Å². The van der Waals surface area contributed by atoms with Gasteiger partial charge in [0.05, 0.1) is 29.8 Å². The number of likely N-dealkylation sites (N-methyl/N-ethyl adjacent to an activating group) is 2. The van der Waals surface area contributed by atoms with Gasteiger partial charge in [-0.05, 0) is 60.7 Å². The molecule has 0 aromatic carbocycles. The van der Waals surface area contributed by atoms with Crippen molar-refractivity contribution in [3.05, 3.63) is 96.9 Å². The normalized spacial score (nSPS) is 14.3. The number of hydrogen-bond acceptors (Lipinski definition) is 18. The molecule has 2 N–H and O–H groups in total. The second-order valence-corrected chi connectivity index (χ2v) is 13.1. The highest BCUT2D eigenvalue weighted by molar-refractivity contribution is 5.75. The van der Waals surface area contributed by atoms with E-state index < -0.39 is 41.0 Å². The molecule has 0 bridgehead atoms. The first kappa shape index (κ1) is 49.4. The quantitative estimate of drug-likeness (QED) is 0.175. The van der Waals surface area contributed by atoms with Crippen molar-refractivity contribution in [3.63, 3.8) is 0 Å². The minimum absolute atomic E-state index is 1.00. The van der Waals surface area contributed by atoms with Crippen LogP contribution in [0.5, 0.6) is 0 Å². The average Bonchev–Trinajstić information content (AvgIpc) is 3.01. The van der Waals surface area contributed by atoms with Crippen LogP contribution in [0.25, 0.3) is 11.1 Å². The predicted octanol–water partition coefficient (Wildman–Crippen LogP) is -13.6. The van der Waals surface area contributed by atoms with Crippen molar-refractivity contribution >= 4 is 11.1 Å². The summed E-state index contributed by atoms with van der Waals surface area (Å²) in [5.41, 5.74) is 5.25. The van der Waals surface area contributed by atoms with Crippen LogP contribution in [0.1, 0.15) is 37.8 Å². The molecule has 294 valence electrons. The zero-order valence-corrected chi connectivity index (χ0v) is 30.7. The van der Waals surface area contributed by atoms with Crippen molar-refractivity contribution < 1.29 is 125 Å². The molecular formula is C28H38Cl4N4O16. The monoisotopic (exact) mass is 826 g/mol. The maximum absolute atomic E-state index is 8.60. The van der Waals surface area contributed by atoms with Gasteiger partial charge < -0.3 is 9.80 Å². The highest BCUT2D eigenvalue weighted by Gasteiger charge is 2.10. The molecule has 2 aliphatic heterocycles. The van der Waals surface area contributed by atoms with Crippen LogP contribution < -0.4 is 74.4 Å². The Morgan fingerprint density at radius 1 is 0.538 bits per heavy atom. The summed E-state index contributed by atoms with van der Waals surface area (Å²) in [4.78, 5) is 4.62. The Morgan fingerprint density at radius 2 is 0.788 bits per heavy atom. The summed E-state index contributed by atoms with van der Waals surface area (Å²) in [7, 11) is -19.3. The number of unbranched alkanes of at least 4 members (excludes halogenated alkanes) is 1. The molecule has 0 amide bonds. The van der Waals surface area contributed by atoms with Gasteiger partial charge in [0.1, 0.15) is 13.1 Å². The van der Waals surface area contributed by atoms with Gasteiger partial charge in [-0.15, -0.1) is 20.5 Å². The lowest BCUT2D eigenvalue weighted by atomic mass is 10.1. The predicted molar refractivity (Wildman–Crippen MR) is 136 cm³/mol. The molecule has 24 heteroatoms. The number of hydrogen-bond donors (Lipinski definition) is 2. The van der Waals surface area contributed by atoms with Gasteiger partial charge in [0.15, 0.2) is 24.8 Å². The molecule has 0 radical (unpaired) electrons. The summed E-state index contributed by atoms with van der Waals surface area (Å²) < 4.78 is 138. The fourth-order valence-corrected chi connectivity index (χ4v) is 4.14. The van der Waals surface area contributed by atoms with E-state index in [4.69, 9.17) is 74.5 Å². The van der Waals surface area contributed by atoms with Crippen LogP contribution in [-0.4, -0.2) is 45.3 Å². The summed E-state index contributed by atoms with van der Waals surface area (Å²) in [5, 5.41) is 0. The molecule has 52 heavy (non-hydrogen) atoms. The van der Waals surface area contributed by atoms with E-state index in [0.717, 1.165) is 39.3 Å². The highest BCUT2D eigenvalue weighted by atomic mass is 35.7. The smallest absolute Gasteiger partial charge is 0.169 e. The third-order valence-corrected chi connectivity index (χ3v) is 6.37. The SMILES string of the molecule is CCN1C=CC(c2cc[n+](CCCC[n+]3ccc(C4=CCN(CC)C=C4)cc3)cc2)=CC1.[O-][Cl+3]([O-])([O-])O.[O-][Cl+3]([O-])([O-])O.[O-][Cl+3]([O-])([O-])[O-].[O-][Cl+3]([O-])([O-])[O-]. The Balaban J connectivity index is 0.00000107. The number of nitrogens with zero attached hydrogens (tertiary/aromatic N) is 4. The number of aryl methyl sites for hydroxylation is 2. The van der Waals surface area contributed by atoms with Gasteiger partial charge in [0.25, 0.3) is 0 Å². The molecular weight excluding hydrogens is 790 g/mol. The molecule has 20 nitrogen and oxygen atoms in total. The maximum atomic E-state index is 8.60. The number of aromatic nitrogens is 2. The van der Waals surface area contributed by atoms with E-state index in [0.29, 0.717) is 0 Å². The lowest BCUT2D eigenvalue weighted by molar-refractivity contribution is -2.00. The molecule has 2 aromatic rings. The van der Waals surface area contributed by atoms with Crippen LogP contribution in [0.2, 0.25) is 0 Å². The molecule has 4 rings (SSSR count). The fraction of sp³-hybridized carbons (Fsp3) is 0.357. The Hall–Kier alpha value is -2.62. The van der Waals surface area contributed by atoms with Crippen molar-refractivity contribution in [3.8, 4) is 0 Å². The topological polar surface area (TPSA) is 378 Å². The Kier molecular flexibility index (Phi) is 22.7. The minimum atomic E-state index is -4.94. The molecule has 0 unspecified atom stereocenters. The van der Waals surface area contributed by atoms with Crippen LogP contribution in [0.3, 0.4) is 0 Å². The molecule has 2 aliphatic rings. The molecule has 0 saturated heterocycles. The van der Waals surface area contributed by atoms with Gasteiger partial charge in [-0.3, -0.25) is 0 Å². The number of rotatable bonds is 9. The Morgan fingerprint density at radius 3 is 0.981 bits per heavy atom. The molecule has 0 spiro atoms. The second-order valence-electron chi connectivity index (χ2n) is 10.0. The first-order valence-electron chi connectivity index (χ1n) is 14.5. The van der Waals surface area contributed by atoms with Crippen LogP contribution >= 0.6 is 0 Å². The van der Waals surface area contributed by atoms with Gasteiger partial charge in [-0.25, -0.2) is 46.4 Å². The van der Waals surface area contributed by atoms with E-state index in [2.05, 4.69) is 119 Å². The van der Waals surface area contributed by atoms with Crippen molar-refractivity contribution in [2.45, 2.75) is 39.8 Å². The fourth-order valence-electron chi connectivity index (χ4n) is 4.14.